The molecule has 0 aliphatic carbocycles. The third-order valence-electron chi connectivity index (χ3n) is 2.37. The number of hydrogen-bond donors (Lipinski definition) is 2. The molecule has 3 nitrogen and oxygen atoms in total. The third kappa shape index (κ3) is 7.14. The quantitative estimate of drug-likeness (QED) is 0.477. The smallest absolute Gasteiger partial charge is 0.237 e. The number of carbonyl (C=O) groups is 1. The van der Waals surface area contributed by atoms with Crippen LogP contribution in [0.5, 0.6) is 0 Å². The topological polar surface area (TPSA) is 55.1 Å². The Labute approximate surface area is 93.1 Å². The van der Waals surface area contributed by atoms with Crippen molar-refractivity contribution in [1.29, 1.82) is 0 Å². The highest BCUT2D eigenvalue weighted by Gasteiger charge is 2.13. The molecule has 0 fully saturated rings. The van der Waals surface area contributed by atoms with Gasteiger partial charge >= 0.3 is 0 Å². The van der Waals surface area contributed by atoms with Crippen molar-refractivity contribution in [3.63, 3.8) is 0 Å². The summed E-state index contributed by atoms with van der Waals surface area (Å²) in [4.78, 5) is 11.5. The first-order valence-electron chi connectivity index (χ1n) is 5.78. The van der Waals surface area contributed by atoms with Gasteiger partial charge in [-0.2, -0.15) is 0 Å². The molecular formula is C12H24N2O. The van der Waals surface area contributed by atoms with Crippen molar-refractivity contribution in [1.82, 2.24) is 5.32 Å². The normalized spacial score (nSPS) is 14.3. The Kier molecular flexibility index (Phi) is 8.01. The van der Waals surface area contributed by atoms with E-state index in [9.17, 15) is 4.79 Å². The lowest BCUT2D eigenvalue weighted by Crippen LogP contribution is -2.44. The molecule has 0 spiro atoms. The number of amides is 1. The molecule has 15 heavy (non-hydrogen) atoms. The number of nitrogens with one attached hydrogen (secondary N) is 1. The van der Waals surface area contributed by atoms with Gasteiger partial charge in [0, 0.05) is 6.04 Å². The Bertz CT molecular complexity index is 192. The second kappa shape index (κ2) is 8.48. The molecule has 0 aliphatic heterocycles. The van der Waals surface area contributed by atoms with Crippen molar-refractivity contribution >= 4 is 5.91 Å². The number of rotatable bonds is 8. The first kappa shape index (κ1) is 14.2. The lowest BCUT2D eigenvalue weighted by atomic mass is 10.1. The first-order valence-corrected chi connectivity index (χ1v) is 5.78. The van der Waals surface area contributed by atoms with Crippen molar-refractivity contribution in [3.05, 3.63) is 12.7 Å². The van der Waals surface area contributed by atoms with Gasteiger partial charge in [-0.3, -0.25) is 4.79 Å². The van der Waals surface area contributed by atoms with Crippen LogP contribution in [0.15, 0.2) is 12.7 Å². The molecule has 1 amide bonds. The van der Waals surface area contributed by atoms with Gasteiger partial charge in [-0.15, -0.1) is 6.58 Å². The Morgan fingerprint density at radius 1 is 1.53 bits per heavy atom. The molecular weight excluding hydrogens is 188 g/mol. The van der Waals surface area contributed by atoms with Gasteiger partial charge in [0.25, 0.3) is 0 Å². The molecule has 0 heterocycles. The Morgan fingerprint density at radius 2 is 2.20 bits per heavy atom. The summed E-state index contributed by atoms with van der Waals surface area (Å²) in [7, 11) is 0. The van der Waals surface area contributed by atoms with Crippen molar-refractivity contribution in [2.24, 2.45) is 5.73 Å². The number of nitrogens with two attached hydrogens (primary N) is 1. The molecule has 2 atom stereocenters. The van der Waals surface area contributed by atoms with Gasteiger partial charge in [-0.25, -0.2) is 0 Å². The van der Waals surface area contributed by atoms with Crippen LogP contribution in [0.1, 0.15) is 46.0 Å². The molecule has 2 unspecified atom stereocenters. The minimum atomic E-state index is -0.350. The van der Waals surface area contributed by atoms with Crippen molar-refractivity contribution in [2.45, 2.75) is 58.0 Å². The van der Waals surface area contributed by atoms with Crippen LogP contribution in [0.25, 0.3) is 0 Å². The van der Waals surface area contributed by atoms with E-state index in [4.69, 9.17) is 5.73 Å². The lowest BCUT2D eigenvalue weighted by molar-refractivity contribution is -0.123. The molecule has 0 aromatic carbocycles. The van der Waals surface area contributed by atoms with Crippen LogP contribution >= 0.6 is 0 Å². The van der Waals surface area contributed by atoms with E-state index in [2.05, 4.69) is 11.9 Å². The number of unbranched alkanes of at least 4 members (excludes halogenated alkanes) is 1. The van der Waals surface area contributed by atoms with Gasteiger partial charge in [0.15, 0.2) is 0 Å². The molecule has 0 saturated heterocycles. The van der Waals surface area contributed by atoms with Crippen LogP contribution in [0.2, 0.25) is 0 Å². The predicted octanol–water partition coefficient (Wildman–Crippen LogP) is 1.97. The standard InChI is InChI=1S/C12H24N2O/c1-4-6-7-9-10(3)14-12(15)11(13)8-5-2/h4,10-11H,1,5-9,13H2,2-3H3,(H,14,15). The van der Waals surface area contributed by atoms with E-state index in [1.54, 1.807) is 0 Å². The van der Waals surface area contributed by atoms with E-state index >= 15 is 0 Å². The van der Waals surface area contributed by atoms with Gasteiger partial charge in [0.1, 0.15) is 0 Å². The average Bonchev–Trinajstić information content (AvgIpc) is 2.18. The van der Waals surface area contributed by atoms with Gasteiger partial charge < -0.3 is 11.1 Å². The van der Waals surface area contributed by atoms with Crippen molar-refractivity contribution < 1.29 is 4.79 Å². The minimum Gasteiger partial charge on any atom is -0.352 e. The second-order valence-electron chi connectivity index (χ2n) is 4.02. The average molecular weight is 212 g/mol. The van der Waals surface area contributed by atoms with Crippen LogP contribution in [0.3, 0.4) is 0 Å². The zero-order valence-electron chi connectivity index (χ0n) is 9.96. The molecule has 88 valence electrons. The van der Waals surface area contributed by atoms with Gasteiger partial charge in [-0.1, -0.05) is 19.4 Å². The lowest BCUT2D eigenvalue weighted by Gasteiger charge is -2.16. The fraction of sp³-hybridized carbons (Fsp3) is 0.750. The van der Waals surface area contributed by atoms with Crippen LogP contribution in [0.4, 0.5) is 0 Å². The van der Waals surface area contributed by atoms with Crippen molar-refractivity contribution in [3.8, 4) is 0 Å². The Morgan fingerprint density at radius 3 is 2.73 bits per heavy atom. The van der Waals surface area contributed by atoms with Crippen LogP contribution in [0, 0.1) is 0 Å². The Balaban J connectivity index is 3.69. The number of hydrogen-bond acceptors (Lipinski definition) is 2. The summed E-state index contributed by atoms with van der Waals surface area (Å²) in [5.41, 5.74) is 5.70. The molecule has 0 aliphatic rings. The Hall–Kier alpha value is -0.830. The molecule has 0 aromatic rings. The SMILES string of the molecule is C=CCCCC(C)NC(=O)C(N)CCC. The zero-order chi connectivity index (χ0) is 11.7. The van der Waals surface area contributed by atoms with Crippen LogP contribution in [-0.2, 0) is 4.79 Å². The minimum absolute atomic E-state index is 0.0250. The van der Waals surface area contributed by atoms with E-state index < -0.39 is 0 Å². The largest absolute Gasteiger partial charge is 0.352 e. The summed E-state index contributed by atoms with van der Waals surface area (Å²) in [6, 6.07) is -0.141. The monoisotopic (exact) mass is 212 g/mol. The highest BCUT2D eigenvalue weighted by Crippen LogP contribution is 2.01. The van der Waals surface area contributed by atoms with E-state index in [-0.39, 0.29) is 18.0 Å². The summed E-state index contributed by atoms with van der Waals surface area (Å²) in [5, 5.41) is 2.93. The summed E-state index contributed by atoms with van der Waals surface area (Å²) in [6.45, 7) is 7.71. The van der Waals surface area contributed by atoms with Gasteiger partial charge in [0.05, 0.1) is 6.04 Å². The molecule has 0 bridgehead atoms. The number of allylic oxidation sites excluding steroid dienone is 1. The molecule has 0 rings (SSSR count). The van der Waals surface area contributed by atoms with Crippen molar-refractivity contribution in [2.75, 3.05) is 0 Å². The summed E-state index contributed by atoms with van der Waals surface area (Å²) < 4.78 is 0. The third-order valence-corrected chi connectivity index (χ3v) is 2.37. The number of carbonyl (C=O) groups excluding carboxylic acids is 1. The molecule has 3 heteroatoms. The predicted molar refractivity (Wildman–Crippen MR) is 64.5 cm³/mol. The van der Waals surface area contributed by atoms with Gasteiger partial charge in [0.2, 0.25) is 5.91 Å². The maximum Gasteiger partial charge on any atom is 0.237 e. The summed E-state index contributed by atoms with van der Waals surface area (Å²) in [5.74, 6) is -0.0250. The molecule has 0 saturated carbocycles. The zero-order valence-corrected chi connectivity index (χ0v) is 9.96. The van der Waals surface area contributed by atoms with E-state index in [1.165, 1.54) is 0 Å². The highest BCUT2D eigenvalue weighted by atomic mass is 16.2. The van der Waals surface area contributed by atoms with Crippen LogP contribution in [-0.4, -0.2) is 18.0 Å². The first-order chi connectivity index (χ1) is 7.11. The van der Waals surface area contributed by atoms with Gasteiger partial charge in [-0.05, 0) is 32.6 Å². The molecule has 0 aromatic heterocycles. The maximum atomic E-state index is 11.5. The molecule has 3 N–H and O–H groups in total. The summed E-state index contributed by atoms with van der Waals surface area (Å²) in [6.07, 6.45) is 6.65. The second-order valence-corrected chi connectivity index (χ2v) is 4.02. The summed E-state index contributed by atoms with van der Waals surface area (Å²) >= 11 is 0. The van der Waals surface area contributed by atoms with E-state index in [0.29, 0.717) is 0 Å². The fourth-order valence-electron chi connectivity index (χ4n) is 1.43. The van der Waals surface area contributed by atoms with Crippen LogP contribution < -0.4 is 11.1 Å². The van der Waals surface area contributed by atoms with E-state index in [0.717, 1.165) is 32.1 Å². The maximum absolute atomic E-state index is 11.5. The fourth-order valence-corrected chi connectivity index (χ4v) is 1.43. The van der Waals surface area contributed by atoms with E-state index in [1.807, 2.05) is 19.9 Å². The molecule has 0 radical (unpaired) electrons. The highest BCUT2D eigenvalue weighted by molar-refractivity contribution is 5.81.